The van der Waals surface area contributed by atoms with Gasteiger partial charge in [-0.05, 0) is 31.5 Å². The van der Waals surface area contributed by atoms with Crippen LogP contribution in [0.25, 0.3) is 11.3 Å². The first-order valence-electron chi connectivity index (χ1n) is 5.22. The highest BCUT2D eigenvalue weighted by Crippen LogP contribution is 2.27. The minimum Gasteiger partial charge on any atom is -0.385 e. The van der Waals surface area contributed by atoms with Gasteiger partial charge in [-0.1, -0.05) is 30.3 Å². The third-order valence-electron chi connectivity index (χ3n) is 2.54. The normalized spacial score (nSPS) is 10.9. The molecule has 1 aromatic heterocycles. The summed E-state index contributed by atoms with van der Waals surface area (Å²) < 4.78 is 2.15. The molecular weight excluding hydrogens is 184 g/mol. The van der Waals surface area contributed by atoms with Crippen molar-refractivity contribution >= 4 is 5.82 Å². The van der Waals surface area contributed by atoms with E-state index < -0.39 is 0 Å². The fraction of sp³-hybridized carbons (Fsp3) is 0.231. The molecule has 78 valence electrons. The molecule has 0 spiro atoms. The molecule has 0 atom stereocenters. The molecule has 0 bridgehead atoms. The average molecular weight is 200 g/mol. The first-order valence-corrected chi connectivity index (χ1v) is 5.22. The Bertz CT molecular complexity index is 441. The molecule has 0 saturated carbocycles. The van der Waals surface area contributed by atoms with Crippen molar-refractivity contribution in [2.45, 2.75) is 19.9 Å². The van der Waals surface area contributed by atoms with E-state index in [9.17, 15) is 0 Å². The Morgan fingerprint density at radius 3 is 2.27 bits per heavy atom. The number of nitrogens with two attached hydrogens (primary N) is 1. The molecule has 2 heteroatoms. The lowest BCUT2D eigenvalue weighted by Crippen LogP contribution is -2.06. The summed E-state index contributed by atoms with van der Waals surface area (Å²) in [5, 5.41) is 0. The van der Waals surface area contributed by atoms with E-state index in [-0.39, 0.29) is 0 Å². The SMILES string of the molecule is CC(C)n1c(N)ccc1-c1ccccc1. The second-order valence-electron chi connectivity index (χ2n) is 3.97. The number of anilines is 1. The topological polar surface area (TPSA) is 30.9 Å². The van der Waals surface area contributed by atoms with E-state index in [1.165, 1.54) is 11.3 Å². The van der Waals surface area contributed by atoms with Crippen LogP contribution in [0.15, 0.2) is 42.5 Å². The van der Waals surface area contributed by atoms with Crippen LogP contribution >= 0.6 is 0 Å². The lowest BCUT2D eigenvalue weighted by molar-refractivity contribution is 0.618. The molecule has 15 heavy (non-hydrogen) atoms. The Hall–Kier alpha value is -1.70. The van der Waals surface area contributed by atoms with Crippen LogP contribution in [0.5, 0.6) is 0 Å². The van der Waals surface area contributed by atoms with Crippen LogP contribution in [-0.4, -0.2) is 4.57 Å². The zero-order valence-corrected chi connectivity index (χ0v) is 9.14. The molecule has 0 aliphatic carbocycles. The van der Waals surface area contributed by atoms with Gasteiger partial charge >= 0.3 is 0 Å². The maximum Gasteiger partial charge on any atom is 0.103 e. The predicted octanol–water partition coefficient (Wildman–Crippen LogP) is 3.32. The van der Waals surface area contributed by atoms with Gasteiger partial charge in [-0.3, -0.25) is 0 Å². The van der Waals surface area contributed by atoms with Gasteiger partial charge in [0, 0.05) is 11.7 Å². The summed E-state index contributed by atoms with van der Waals surface area (Å²) in [6.45, 7) is 4.28. The number of nitrogen functional groups attached to an aromatic ring is 1. The van der Waals surface area contributed by atoms with Crippen LogP contribution in [0.2, 0.25) is 0 Å². The summed E-state index contributed by atoms with van der Waals surface area (Å²) in [5.74, 6) is 0.823. The van der Waals surface area contributed by atoms with Crippen molar-refractivity contribution in [2.75, 3.05) is 5.73 Å². The molecule has 2 rings (SSSR count). The van der Waals surface area contributed by atoms with Crippen molar-refractivity contribution in [1.29, 1.82) is 0 Å². The van der Waals surface area contributed by atoms with E-state index in [2.05, 4.69) is 36.6 Å². The Morgan fingerprint density at radius 2 is 1.67 bits per heavy atom. The van der Waals surface area contributed by atoms with Crippen molar-refractivity contribution in [2.24, 2.45) is 0 Å². The third-order valence-corrected chi connectivity index (χ3v) is 2.54. The molecule has 0 aliphatic heterocycles. The van der Waals surface area contributed by atoms with Gasteiger partial charge in [0.1, 0.15) is 5.82 Å². The maximum absolute atomic E-state index is 5.94. The molecule has 0 saturated heterocycles. The van der Waals surface area contributed by atoms with Crippen LogP contribution in [0.1, 0.15) is 19.9 Å². The van der Waals surface area contributed by atoms with Gasteiger partial charge in [0.25, 0.3) is 0 Å². The van der Waals surface area contributed by atoms with Crippen molar-refractivity contribution in [3.8, 4) is 11.3 Å². The second-order valence-corrected chi connectivity index (χ2v) is 3.97. The van der Waals surface area contributed by atoms with Crippen molar-refractivity contribution in [1.82, 2.24) is 4.57 Å². The highest BCUT2D eigenvalue weighted by atomic mass is 15.1. The number of hydrogen-bond donors (Lipinski definition) is 1. The largest absolute Gasteiger partial charge is 0.385 e. The summed E-state index contributed by atoms with van der Waals surface area (Å²) in [7, 11) is 0. The fourth-order valence-corrected chi connectivity index (χ4v) is 1.88. The molecule has 2 aromatic rings. The molecule has 2 nitrogen and oxygen atoms in total. The van der Waals surface area contributed by atoms with Crippen molar-refractivity contribution in [3.05, 3.63) is 42.5 Å². The first-order chi connectivity index (χ1) is 7.20. The van der Waals surface area contributed by atoms with E-state index >= 15 is 0 Å². The average Bonchev–Trinajstić information content (AvgIpc) is 2.61. The molecule has 0 aliphatic rings. The van der Waals surface area contributed by atoms with Crippen LogP contribution < -0.4 is 5.73 Å². The quantitative estimate of drug-likeness (QED) is 0.792. The van der Waals surface area contributed by atoms with E-state index in [1.54, 1.807) is 0 Å². The second kappa shape index (κ2) is 3.81. The number of benzene rings is 1. The van der Waals surface area contributed by atoms with Crippen molar-refractivity contribution < 1.29 is 0 Å². The van der Waals surface area contributed by atoms with Gasteiger partial charge < -0.3 is 10.3 Å². The minimum absolute atomic E-state index is 0.384. The molecule has 1 aromatic carbocycles. The lowest BCUT2D eigenvalue weighted by atomic mass is 10.1. The number of nitrogens with zero attached hydrogens (tertiary/aromatic N) is 1. The summed E-state index contributed by atoms with van der Waals surface area (Å²) in [5.41, 5.74) is 8.34. The number of rotatable bonds is 2. The third kappa shape index (κ3) is 1.75. The molecule has 0 radical (unpaired) electrons. The molecule has 0 fully saturated rings. The van der Waals surface area contributed by atoms with Gasteiger partial charge in [-0.2, -0.15) is 0 Å². The molecule has 2 N–H and O–H groups in total. The van der Waals surface area contributed by atoms with Gasteiger partial charge in [0.2, 0.25) is 0 Å². The number of aromatic nitrogens is 1. The lowest BCUT2D eigenvalue weighted by Gasteiger charge is -2.15. The molecule has 0 amide bonds. The molecule has 1 heterocycles. The fourth-order valence-electron chi connectivity index (χ4n) is 1.88. The smallest absolute Gasteiger partial charge is 0.103 e. The van der Waals surface area contributed by atoms with Crippen molar-refractivity contribution in [3.63, 3.8) is 0 Å². The van der Waals surface area contributed by atoms with E-state index in [4.69, 9.17) is 5.73 Å². The van der Waals surface area contributed by atoms with Gasteiger partial charge in [0.15, 0.2) is 0 Å². The Balaban J connectivity index is 2.54. The van der Waals surface area contributed by atoms with Gasteiger partial charge in [0.05, 0.1) is 0 Å². The highest BCUT2D eigenvalue weighted by Gasteiger charge is 2.09. The summed E-state index contributed by atoms with van der Waals surface area (Å²) in [6, 6.07) is 14.7. The van der Waals surface area contributed by atoms with E-state index in [0.717, 1.165) is 5.82 Å². The number of hydrogen-bond acceptors (Lipinski definition) is 1. The van der Waals surface area contributed by atoms with Crippen LogP contribution in [-0.2, 0) is 0 Å². The predicted molar refractivity (Wildman–Crippen MR) is 64.7 cm³/mol. The summed E-state index contributed by atoms with van der Waals surface area (Å²) >= 11 is 0. The molecular formula is C13H16N2. The van der Waals surface area contributed by atoms with Gasteiger partial charge in [-0.25, -0.2) is 0 Å². The minimum atomic E-state index is 0.384. The monoisotopic (exact) mass is 200 g/mol. The van der Waals surface area contributed by atoms with E-state index in [0.29, 0.717) is 6.04 Å². The summed E-state index contributed by atoms with van der Waals surface area (Å²) in [6.07, 6.45) is 0. The Labute approximate surface area is 90.3 Å². The Morgan fingerprint density at radius 1 is 1.00 bits per heavy atom. The molecule has 0 unspecified atom stereocenters. The highest BCUT2D eigenvalue weighted by molar-refractivity contribution is 5.63. The Kier molecular flexibility index (Phi) is 2.50. The standard InChI is InChI=1S/C13H16N2/c1-10(2)15-12(8-9-13(15)14)11-6-4-3-5-7-11/h3-10H,14H2,1-2H3. The van der Waals surface area contributed by atoms with Gasteiger partial charge in [-0.15, -0.1) is 0 Å². The zero-order valence-electron chi connectivity index (χ0n) is 9.14. The van der Waals surface area contributed by atoms with E-state index in [1.807, 2.05) is 24.3 Å². The van der Waals surface area contributed by atoms with Crippen LogP contribution in [0.3, 0.4) is 0 Å². The van der Waals surface area contributed by atoms with Crippen LogP contribution in [0.4, 0.5) is 5.82 Å². The first kappa shape index (κ1) is 9.84. The maximum atomic E-state index is 5.94. The summed E-state index contributed by atoms with van der Waals surface area (Å²) in [4.78, 5) is 0. The zero-order chi connectivity index (χ0) is 10.8. The van der Waals surface area contributed by atoms with Crippen LogP contribution in [0, 0.1) is 0 Å².